The second kappa shape index (κ2) is 38.8. The van der Waals surface area contributed by atoms with Crippen LogP contribution in [0, 0.1) is 0 Å². The smallest absolute Gasteiger partial charge is 0.161 e. The van der Waals surface area contributed by atoms with Crippen LogP contribution in [0.25, 0.3) is 0 Å². The summed E-state index contributed by atoms with van der Waals surface area (Å²) < 4.78 is 76.3. The zero-order valence-electron chi connectivity index (χ0n) is 67.9. The Bertz CT molecular complexity index is 4730. The number of nitrogens with zero attached hydrogens (tertiary/aromatic N) is 8. The van der Waals surface area contributed by atoms with Gasteiger partial charge in [0.2, 0.25) is 0 Å². The van der Waals surface area contributed by atoms with Crippen LogP contribution in [0.15, 0.2) is 162 Å². The number of methoxy groups -OCH3 is 14. The second-order valence-electron chi connectivity index (χ2n) is 26.1. The predicted octanol–water partition coefficient (Wildman–Crippen LogP) is 17.4. The molecule has 0 spiro atoms. The molecule has 0 radical (unpaired) electrons. The topological polar surface area (TPSA) is 262 Å². The van der Waals surface area contributed by atoms with Crippen molar-refractivity contribution in [3.05, 3.63) is 199 Å². The van der Waals surface area contributed by atoms with E-state index in [2.05, 4.69) is 68.5 Å². The Morgan fingerprint density at radius 1 is 0.241 bits per heavy atom. The van der Waals surface area contributed by atoms with E-state index in [0.717, 1.165) is 139 Å². The molecule has 0 saturated heterocycles. The van der Waals surface area contributed by atoms with Crippen LogP contribution in [0.4, 0.5) is 0 Å². The highest BCUT2D eigenvalue weighted by Crippen LogP contribution is 2.44. The van der Waals surface area contributed by atoms with E-state index in [9.17, 15) is 9.59 Å². The number of benzene rings is 8. The fourth-order valence-electron chi connectivity index (χ4n) is 14.3. The van der Waals surface area contributed by atoms with E-state index < -0.39 is 0 Å². The average Bonchev–Trinajstić information content (AvgIpc) is 1.51. The van der Waals surface area contributed by atoms with Crippen LogP contribution in [-0.4, -0.2) is 158 Å². The molecule has 0 aliphatic carbocycles. The van der Waals surface area contributed by atoms with Crippen molar-refractivity contribution >= 4 is 58.3 Å². The largest absolute Gasteiger partial charge is 0.496 e. The van der Waals surface area contributed by atoms with E-state index in [1.807, 2.05) is 149 Å². The van der Waals surface area contributed by atoms with Gasteiger partial charge < -0.3 is 66.3 Å². The highest BCUT2D eigenvalue weighted by Gasteiger charge is 2.32. The van der Waals surface area contributed by atoms with E-state index in [0.29, 0.717) is 103 Å². The minimum Gasteiger partial charge on any atom is -0.496 e. The van der Waals surface area contributed by atoms with Gasteiger partial charge in [-0.25, -0.2) is 0 Å². The molecule has 24 nitrogen and oxygen atoms in total. The molecule has 12 rings (SSSR count). The predicted molar refractivity (Wildman–Crippen MR) is 441 cm³/mol. The number of hydrogen-bond donors (Lipinski definition) is 0. The fourth-order valence-corrected chi connectivity index (χ4v) is 14.3. The first-order chi connectivity index (χ1) is 54.3. The molecule has 0 aromatic heterocycles. The quantitative estimate of drug-likeness (QED) is 0.0509. The minimum atomic E-state index is 0.0704. The molecule has 0 N–H and O–H groups in total. The fraction of sp³-hybridized carbons (Fsp3) is 0.341. The first-order valence-corrected chi connectivity index (χ1v) is 36.6. The Labute approximate surface area is 655 Å². The Morgan fingerprint density at radius 3 is 0.625 bits per heavy atom. The molecule has 4 atom stereocenters. The molecule has 8 aromatic rings. The van der Waals surface area contributed by atoms with Crippen LogP contribution in [0.5, 0.6) is 80.5 Å². The maximum absolute atomic E-state index is 11.6. The maximum atomic E-state index is 11.6. The Morgan fingerprint density at radius 2 is 0.429 bits per heavy atom. The average molecular weight is 1530 g/mol. The Kier molecular flexibility index (Phi) is 29.0. The van der Waals surface area contributed by atoms with Gasteiger partial charge in [0.25, 0.3) is 0 Å². The molecule has 4 aliphatic heterocycles. The number of fused-ring (bicyclic) bond motifs is 4. The third kappa shape index (κ3) is 17.6. The van der Waals surface area contributed by atoms with Gasteiger partial charge in [0.05, 0.1) is 111 Å². The Hall–Kier alpha value is -12.3. The number of aldehydes is 2. The third-order valence-corrected chi connectivity index (χ3v) is 20.2. The lowest BCUT2D eigenvalue weighted by atomic mass is 9.85. The number of ether oxygens (including phenoxy) is 14. The van der Waals surface area contributed by atoms with E-state index in [1.165, 1.54) is 0 Å². The summed E-state index contributed by atoms with van der Waals surface area (Å²) in [5, 5.41) is 36.2. The van der Waals surface area contributed by atoms with Crippen LogP contribution in [0.2, 0.25) is 0 Å². The van der Waals surface area contributed by atoms with Gasteiger partial charge in [-0.3, -0.25) is 9.59 Å². The zero-order chi connectivity index (χ0) is 81.0. The molecule has 8 aromatic carbocycles. The van der Waals surface area contributed by atoms with Crippen LogP contribution < -0.4 is 66.3 Å². The van der Waals surface area contributed by atoms with Gasteiger partial charge in [0.1, 0.15) is 34.3 Å². The Balaban J connectivity index is 0.000000171. The molecule has 0 fully saturated rings. The highest BCUT2D eigenvalue weighted by molar-refractivity contribution is 6.19. The van der Waals surface area contributed by atoms with Crippen molar-refractivity contribution in [1.29, 1.82) is 0 Å². The second-order valence-corrected chi connectivity index (χ2v) is 26.1. The molecule has 4 aliphatic rings. The van der Waals surface area contributed by atoms with Crippen LogP contribution in [0.3, 0.4) is 0 Å². The first-order valence-electron chi connectivity index (χ1n) is 36.6. The SMILES string of the molecule is CC[C@@H]1C(C)=NN=C(c2ccc(OC)c(OC)c2)c2cc(OC)c(C=O)cc21.CC[C@@H]1C(C)=NN=C(c2ccc(OC)c(OC)c2)c2cc(OC)c(C=O)cc21.CC[C@H]1C(C)=NN=C(c2ccc(OC)c(OC)c2)c2cc(OC)c(OC)cc21.CC[C@H]1C(C)=NN=C(c2ccc(OC)c(OC)c2)c2cc(OC)c(OC)cc21. The van der Waals surface area contributed by atoms with Crippen molar-refractivity contribution in [1.82, 2.24) is 0 Å². The summed E-state index contributed by atoms with van der Waals surface area (Å²) in [6.07, 6.45) is 5.15. The standard InChI is InChI=1S/2C22H26N2O4.2C22H24N2O4/c2*1-7-15-13(2)23-24-22(14-8-9-18(25-3)19(10-14)26-4)17-12-21(28-6)20(27-5)11-16(15)17;2*1-6-16-13(2)23-24-22(14-7-8-19(26-3)21(10-14)28-5)18-11-20(27-4)15(12-25)9-17(16)18/h2*8-12,15H,7H2,1-6H3;2*7-12,16H,6H2,1-5H3/t2*15-;2*16-/m0011/s1. The van der Waals surface area contributed by atoms with E-state index >= 15 is 0 Å². The summed E-state index contributed by atoms with van der Waals surface area (Å²) in [7, 11) is 22.5. The lowest BCUT2D eigenvalue weighted by Crippen LogP contribution is -2.13. The van der Waals surface area contributed by atoms with Gasteiger partial charge in [-0.1, -0.05) is 27.7 Å². The summed E-state index contributed by atoms with van der Waals surface area (Å²) >= 11 is 0. The molecule has 24 heteroatoms. The summed E-state index contributed by atoms with van der Waals surface area (Å²) in [5.41, 5.74) is 19.1. The van der Waals surface area contributed by atoms with Gasteiger partial charge in [0.15, 0.2) is 81.6 Å². The number of carbonyl (C=O) groups is 2. The maximum Gasteiger partial charge on any atom is 0.161 e. The normalized spacial score (nSPS) is 15.7. The van der Waals surface area contributed by atoms with Crippen molar-refractivity contribution in [2.45, 2.75) is 105 Å². The first kappa shape index (κ1) is 83.7. The zero-order valence-corrected chi connectivity index (χ0v) is 67.9. The molecular weight excluding hydrogens is 1430 g/mol. The number of rotatable bonds is 24. The van der Waals surface area contributed by atoms with E-state index in [1.54, 1.807) is 99.5 Å². The molecule has 112 heavy (non-hydrogen) atoms. The molecule has 0 unspecified atom stereocenters. The lowest BCUT2D eigenvalue weighted by Gasteiger charge is -2.20. The minimum absolute atomic E-state index is 0.0704. The molecule has 0 bridgehead atoms. The van der Waals surface area contributed by atoms with Crippen LogP contribution >= 0.6 is 0 Å². The molecule has 4 heterocycles. The highest BCUT2D eigenvalue weighted by atomic mass is 16.5. The summed E-state index contributed by atoms with van der Waals surface area (Å²) in [6.45, 7) is 16.4. The van der Waals surface area contributed by atoms with Crippen LogP contribution in [0.1, 0.15) is 192 Å². The number of carbonyl (C=O) groups excluding carboxylic acids is 2. The monoisotopic (exact) mass is 1520 g/mol. The molecule has 0 saturated carbocycles. The van der Waals surface area contributed by atoms with Gasteiger partial charge in [-0.15, -0.1) is 20.4 Å². The van der Waals surface area contributed by atoms with Crippen molar-refractivity contribution in [2.24, 2.45) is 40.8 Å². The van der Waals surface area contributed by atoms with E-state index in [4.69, 9.17) is 66.3 Å². The van der Waals surface area contributed by atoms with Crippen molar-refractivity contribution in [3.63, 3.8) is 0 Å². The summed E-state index contributed by atoms with van der Waals surface area (Å²) in [6, 6.07) is 38.2. The van der Waals surface area contributed by atoms with Gasteiger partial charge in [-0.2, -0.15) is 20.4 Å². The number of hydrogen-bond acceptors (Lipinski definition) is 24. The summed E-state index contributed by atoms with van der Waals surface area (Å²) in [5.74, 6) is 9.27. The van der Waals surface area contributed by atoms with Crippen molar-refractivity contribution < 1.29 is 75.9 Å². The van der Waals surface area contributed by atoms with Crippen molar-refractivity contribution in [3.8, 4) is 80.5 Å². The summed E-state index contributed by atoms with van der Waals surface area (Å²) in [4.78, 5) is 23.1. The lowest BCUT2D eigenvalue weighted by molar-refractivity contribution is 0.111. The van der Waals surface area contributed by atoms with Crippen molar-refractivity contribution in [2.75, 3.05) is 99.5 Å². The van der Waals surface area contributed by atoms with E-state index in [-0.39, 0.29) is 23.7 Å². The molecular formula is C88H100N8O16. The third-order valence-electron chi connectivity index (χ3n) is 20.2. The molecule has 0 amide bonds. The van der Waals surface area contributed by atoms with Gasteiger partial charge >= 0.3 is 0 Å². The molecule has 588 valence electrons. The van der Waals surface area contributed by atoms with Gasteiger partial charge in [0, 0.05) is 91.0 Å². The van der Waals surface area contributed by atoms with Gasteiger partial charge in [-0.05, 0) is 197 Å². The van der Waals surface area contributed by atoms with Crippen LogP contribution in [-0.2, 0) is 0 Å².